The van der Waals surface area contributed by atoms with Crippen LogP contribution >= 0.6 is 34.8 Å². The van der Waals surface area contributed by atoms with Gasteiger partial charge < -0.3 is 14.5 Å². The summed E-state index contributed by atoms with van der Waals surface area (Å²) in [6, 6.07) is 3.16. The molecule has 1 aliphatic heterocycles. The Kier molecular flexibility index (Phi) is 4.97. The van der Waals surface area contributed by atoms with E-state index in [1.165, 1.54) is 6.26 Å². The van der Waals surface area contributed by atoms with Gasteiger partial charge in [0.25, 0.3) is 5.91 Å². The number of nitrogens with one attached hydrogen (secondary N) is 1. The van der Waals surface area contributed by atoms with Gasteiger partial charge in [0.1, 0.15) is 6.17 Å². The van der Waals surface area contributed by atoms with E-state index in [9.17, 15) is 4.79 Å². The predicted molar refractivity (Wildman–Crippen MR) is 72.6 cm³/mol. The van der Waals surface area contributed by atoms with E-state index in [1.54, 1.807) is 12.1 Å². The fraction of sp³-hybridized carbons (Fsp3) is 0.545. The van der Waals surface area contributed by atoms with Gasteiger partial charge in [-0.1, -0.05) is 34.8 Å². The normalized spacial score (nSPS) is 19.1. The van der Waals surface area contributed by atoms with E-state index in [4.69, 9.17) is 44.0 Å². The summed E-state index contributed by atoms with van der Waals surface area (Å²) in [7, 11) is 0. The Labute approximate surface area is 125 Å². The van der Waals surface area contributed by atoms with Crippen molar-refractivity contribution in [3.8, 4) is 0 Å². The van der Waals surface area contributed by atoms with E-state index in [0.717, 1.165) is 0 Å². The zero-order valence-electron chi connectivity index (χ0n) is 9.94. The SMILES string of the molecule is O=C(N[C@@H](N1CCOCC1)C(Cl)(Cl)Cl)c1ccco1. The molecule has 0 unspecified atom stereocenters. The lowest BCUT2D eigenvalue weighted by Crippen LogP contribution is -2.58. The van der Waals surface area contributed by atoms with Crippen molar-refractivity contribution >= 4 is 40.7 Å². The molecule has 8 heteroatoms. The van der Waals surface area contributed by atoms with Gasteiger partial charge in [-0.25, -0.2) is 0 Å². The highest BCUT2D eigenvalue weighted by atomic mass is 35.6. The first kappa shape index (κ1) is 14.9. The van der Waals surface area contributed by atoms with Crippen molar-refractivity contribution in [2.24, 2.45) is 0 Å². The van der Waals surface area contributed by atoms with Gasteiger partial charge in [0, 0.05) is 13.1 Å². The zero-order chi connectivity index (χ0) is 13.9. The second-order valence-electron chi connectivity index (χ2n) is 4.04. The minimum atomic E-state index is -1.64. The van der Waals surface area contributed by atoms with Crippen LogP contribution in [0.25, 0.3) is 0 Å². The lowest BCUT2D eigenvalue weighted by Gasteiger charge is -2.38. The van der Waals surface area contributed by atoms with Crippen LogP contribution < -0.4 is 5.32 Å². The van der Waals surface area contributed by atoms with Crippen LogP contribution in [0.2, 0.25) is 0 Å². The number of ether oxygens (including phenoxy) is 1. The Morgan fingerprint density at radius 1 is 1.37 bits per heavy atom. The van der Waals surface area contributed by atoms with Gasteiger partial charge in [0.15, 0.2) is 5.76 Å². The summed E-state index contributed by atoms with van der Waals surface area (Å²) < 4.78 is 8.61. The monoisotopic (exact) mass is 326 g/mol. The average molecular weight is 328 g/mol. The summed E-state index contributed by atoms with van der Waals surface area (Å²) in [5.41, 5.74) is 0. The highest BCUT2D eigenvalue weighted by Crippen LogP contribution is 2.32. The van der Waals surface area contributed by atoms with E-state index in [1.807, 2.05) is 4.90 Å². The molecule has 106 valence electrons. The van der Waals surface area contributed by atoms with Crippen LogP contribution in [0.15, 0.2) is 22.8 Å². The minimum absolute atomic E-state index is 0.174. The quantitative estimate of drug-likeness (QED) is 0.863. The molecule has 2 rings (SSSR count). The Bertz CT molecular complexity index is 413. The van der Waals surface area contributed by atoms with Gasteiger partial charge in [-0.05, 0) is 12.1 Å². The van der Waals surface area contributed by atoms with E-state index in [2.05, 4.69) is 5.32 Å². The lowest BCUT2D eigenvalue weighted by molar-refractivity contribution is 0.00966. The number of hydrogen-bond acceptors (Lipinski definition) is 4. The highest BCUT2D eigenvalue weighted by Gasteiger charge is 2.39. The van der Waals surface area contributed by atoms with Gasteiger partial charge in [-0.2, -0.15) is 0 Å². The smallest absolute Gasteiger partial charge is 0.288 e. The van der Waals surface area contributed by atoms with Crippen LogP contribution in [-0.4, -0.2) is 47.1 Å². The molecule has 1 fully saturated rings. The number of nitrogens with zero attached hydrogens (tertiary/aromatic N) is 1. The number of hydrogen-bond donors (Lipinski definition) is 1. The third kappa shape index (κ3) is 4.00. The number of carbonyl (C=O) groups is 1. The molecule has 1 aliphatic rings. The molecule has 0 spiro atoms. The van der Waals surface area contributed by atoms with Crippen molar-refractivity contribution in [1.82, 2.24) is 10.2 Å². The second-order valence-corrected chi connectivity index (χ2v) is 6.41. The van der Waals surface area contributed by atoms with Crippen molar-refractivity contribution in [3.63, 3.8) is 0 Å². The van der Waals surface area contributed by atoms with Crippen LogP contribution in [0.4, 0.5) is 0 Å². The zero-order valence-corrected chi connectivity index (χ0v) is 12.2. The molecule has 0 aromatic carbocycles. The molecule has 1 saturated heterocycles. The summed E-state index contributed by atoms with van der Waals surface area (Å²) in [6.07, 6.45) is 0.674. The van der Waals surface area contributed by atoms with Gasteiger partial charge in [0.2, 0.25) is 3.79 Å². The largest absolute Gasteiger partial charge is 0.459 e. The Hall–Kier alpha value is -0.460. The van der Waals surface area contributed by atoms with Crippen molar-refractivity contribution in [2.75, 3.05) is 26.3 Å². The summed E-state index contributed by atoms with van der Waals surface area (Å²) in [4.78, 5) is 13.8. The van der Waals surface area contributed by atoms with Crippen molar-refractivity contribution in [3.05, 3.63) is 24.2 Å². The van der Waals surface area contributed by atoms with Gasteiger partial charge in [0.05, 0.1) is 19.5 Å². The van der Waals surface area contributed by atoms with Crippen LogP contribution in [0, 0.1) is 0 Å². The standard InChI is InChI=1S/C11H13Cl3N2O3/c12-11(13,14)10(16-3-6-18-7-4-16)15-9(17)8-2-1-5-19-8/h1-2,5,10H,3-4,6-7H2,(H,15,17)/t10-/m0/s1. The highest BCUT2D eigenvalue weighted by molar-refractivity contribution is 6.68. The van der Waals surface area contributed by atoms with E-state index < -0.39 is 15.9 Å². The topological polar surface area (TPSA) is 54.7 Å². The molecule has 1 atom stereocenters. The number of morpholine rings is 1. The minimum Gasteiger partial charge on any atom is -0.459 e. The maximum absolute atomic E-state index is 12.0. The summed E-state index contributed by atoms with van der Waals surface area (Å²) in [5.74, 6) is -0.250. The second kappa shape index (κ2) is 6.33. The van der Waals surface area contributed by atoms with E-state index in [-0.39, 0.29) is 5.76 Å². The van der Waals surface area contributed by atoms with Crippen LogP contribution in [0.3, 0.4) is 0 Å². The number of alkyl halides is 3. The van der Waals surface area contributed by atoms with E-state index >= 15 is 0 Å². The summed E-state index contributed by atoms with van der Waals surface area (Å²) >= 11 is 17.8. The van der Waals surface area contributed by atoms with Crippen molar-refractivity contribution < 1.29 is 13.9 Å². The Balaban J connectivity index is 2.07. The number of carbonyl (C=O) groups excluding carboxylic acids is 1. The molecule has 1 N–H and O–H groups in total. The first-order valence-electron chi connectivity index (χ1n) is 5.71. The third-order valence-electron chi connectivity index (χ3n) is 2.73. The molecule has 0 radical (unpaired) electrons. The first-order valence-corrected chi connectivity index (χ1v) is 6.85. The third-order valence-corrected chi connectivity index (χ3v) is 3.35. The van der Waals surface area contributed by atoms with Crippen LogP contribution in [0.1, 0.15) is 10.6 Å². The van der Waals surface area contributed by atoms with Crippen LogP contribution in [-0.2, 0) is 4.74 Å². The van der Waals surface area contributed by atoms with Crippen molar-refractivity contribution in [2.45, 2.75) is 9.96 Å². The van der Waals surface area contributed by atoms with Crippen LogP contribution in [0.5, 0.6) is 0 Å². The fourth-order valence-electron chi connectivity index (χ4n) is 1.82. The lowest BCUT2D eigenvalue weighted by atomic mass is 10.3. The van der Waals surface area contributed by atoms with Gasteiger partial charge in [-0.15, -0.1) is 0 Å². The number of halogens is 3. The molecule has 1 aromatic rings. The maximum atomic E-state index is 12.0. The first-order chi connectivity index (χ1) is 8.98. The number of rotatable bonds is 3. The molecule has 0 bridgehead atoms. The molecule has 0 saturated carbocycles. The predicted octanol–water partition coefficient (Wildman–Crippen LogP) is 2.04. The summed E-state index contributed by atoms with van der Waals surface area (Å²) in [5, 5.41) is 2.67. The molecular formula is C11H13Cl3N2O3. The fourth-order valence-corrected chi connectivity index (χ4v) is 2.40. The molecule has 19 heavy (non-hydrogen) atoms. The molecule has 2 heterocycles. The Morgan fingerprint density at radius 3 is 2.58 bits per heavy atom. The average Bonchev–Trinajstić information content (AvgIpc) is 2.89. The Morgan fingerprint density at radius 2 is 2.05 bits per heavy atom. The molecule has 0 aliphatic carbocycles. The van der Waals surface area contributed by atoms with E-state index in [0.29, 0.717) is 26.3 Å². The van der Waals surface area contributed by atoms with Gasteiger partial charge >= 0.3 is 0 Å². The number of furan rings is 1. The molecule has 5 nitrogen and oxygen atoms in total. The summed E-state index contributed by atoms with van der Waals surface area (Å²) in [6.45, 7) is 2.23. The molecule has 1 aromatic heterocycles. The molecular weight excluding hydrogens is 314 g/mol. The number of amides is 1. The molecule has 1 amide bonds. The van der Waals surface area contributed by atoms with Crippen molar-refractivity contribution in [1.29, 1.82) is 0 Å². The maximum Gasteiger partial charge on any atom is 0.288 e. The van der Waals surface area contributed by atoms with Gasteiger partial charge in [-0.3, -0.25) is 9.69 Å².